The van der Waals surface area contributed by atoms with Gasteiger partial charge in [0.15, 0.2) is 0 Å². The molecule has 1 heterocycles. The van der Waals surface area contributed by atoms with Crippen LogP contribution >= 0.6 is 0 Å². The predicted molar refractivity (Wildman–Crippen MR) is 49.7 cm³/mol. The number of nitrogens with zero attached hydrogens (tertiary/aromatic N) is 1. The van der Waals surface area contributed by atoms with Gasteiger partial charge >= 0.3 is 0 Å². The molecule has 0 N–H and O–H groups in total. The zero-order valence-corrected chi connectivity index (χ0v) is 8.35. The molecule has 66 valence electrons. The molecule has 1 fully saturated rings. The van der Waals surface area contributed by atoms with Crippen molar-refractivity contribution in [3.05, 3.63) is 0 Å². The molecule has 1 aliphatic heterocycles. The van der Waals surface area contributed by atoms with Gasteiger partial charge in [0.25, 0.3) is 0 Å². The molecular formula is C10H21N. The van der Waals surface area contributed by atoms with Crippen LogP contribution in [0.2, 0.25) is 0 Å². The molecule has 0 aromatic carbocycles. The molecule has 0 aromatic rings. The van der Waals surface area contributed by atoms with E-state index < -0.39 is 0 Å². The minimum atomic E-state index is 0.530. The lowest BCUT2D eigenvalue weighted by atomic mass is 9.78. The Morgan fingerprint density at radius 3 is 2.18 bits per heavy atom. The fourth-order valence-corrected chi connectivity index (χ4v) is 1.03. The Hall–Kier alpha value is -0.0400. The van der Waals surface area contributed by atoms with Crippen molar-refractivity contribution >= 4 is 0 Å². The van der Waals surface area contributed by atoms with Gasteiger partial charge in [-0.2, -0.15) is 0 Å². The third-order valence-electron chi connectivity index (χ3n) is 3.18. The summed E-state index contributed by atoms with van der Waals surface area (Å²) in [4.78, 5) is 2.50. The SMILES string of the molecule is CC(C)C(C)(C)CCN1CC1. The summed E-state index contributed by atoms with van der Waals surface area (Å²) in [6, 6.07) is 0. The highest BCUT2D eigenvalue weighted by atomic mass is 15.2. The molecule has 0 radical (unpaired) electrons. The Morgan fingerprint density at radius 2 is 1.82 bits per heavy atom. The fourth-order valence-electron chi connectivity index (χ4n) is 1.03. The zero-order valence-electron chi connectivity index (χ0n) is 8.35. The molecule has 1 saturated heterocycles. The van der Waals surface area contributed by atoms with E-state index in [4.69, 9.17) is 0 Å². The second-order valence-corrected chi connectivity index (χ2v) is 4.73. The van der Waals surface area contributed by atoms with Crippen LogP contribution in [0.1, 0.15) is 34.1 Å². The van der Waals surface area contributed by atoms with Crippen molar-refractivity contribution in [2.24, 2.45) is 11.3 Å². The molecule has 0 spiro atoms. The van der Waals surface area contributed by atoms with Gasteiger partial charge in [0, 0.05) is 13.1 Å². The average Bonchev–Trinajstić information content (AvgIpc) is 2.65. The van der Waals surface area contributed by atoms with Crippen molar-refractivity contribution in [3.8, 4) is 0 Å². The quantitative estimate of drug-likeness (QED) is 0.563. The number of hydrogen-bond acceptors (Lipinski definition) is 1. The minimum Gasteiger partial charge on any atom is -0.301 e. The topological polar surface area (TPSA) is 3.01 Å². The van der Waals surface area contributed by atoms with Gasteiger partial charge in [-0.25, -0.2) is 0 Å². The zero-order chi connectivity index (χ0) is 8.48. The highest BCUT2D eigenvalue weighted by Gasteiger charge is 2.25. The summed E-state index contributed by atoms with van der Waals surface area (Å²) in [5, 5.41) is 0. The van der Waals surface area contributed by atoms with Gasteiger partial charge in [0.1, 0.15) is 0 Å². The van der Waals surface area contributed by atoms with E-state index in [9.17, 15) is 0 Å². The summed E-state index contributed by atoms with van der Waals surface area (Å²) in [6.07, 6.45) is 1.35. The Labute approximate surface area is 70.8 Å². The number of hydrogen-bond donors (Lipinski definition) is 0. The highest BCUT2D eigenvalue weighted by molar-refractivity contribution is 4.78. The summed E-state index contributed by atoms with van der Waals surface area (Å²) in [7, 11) is 0. The van der Waals surface area contributed by atoms with Crippen LogP contribution in [-0.2, 0) is 0 Å². The Kier molecular flexibility index (Phi) is 2.58. The van der Waals surface area contributed by atoms with Crippen LogP contribution in [0.15, 0.2) is 0 Å². The van der Waals surface area contributed by atoms with Crippen LogP contribution in [0.3, 0.4) is 0 Å². The normalized spacial score (nSPS) is 19.4. The lowest BCUT2D eigenvalue weighted by Crippen LogP contribution is -2.22. The van der Waals surface area contributed by atoms with Gasteiger partial charge < -0.3 is 4.90 Å². The van der Waals surface area contributed by atoms with Crippen molar-refractivity contribution in [3.63, 3.8) is 0 Å². The fraction of sp³-hybridized carbons (Fsp3) is 1.00. The second kappa shape index (κ2) is 3.14. The standard InChI is InChI=1S/C10H21N/c1-9(2)10(3,4)5-6-11-7-8-11/h9H,5-8H2,1-4H3. The monoisotopic (exact) mass is 155 g/mol. The van der Waals surface area contributed by atoms with E-state index in [1.54, 1.807) is 0 Å². The first kappa shape index (κ1) is 9.05. The molecule has 0 bridgehead atoms. The molecule has 1 rings (SSSR count). The van der Waals surface area contributed by atoms with Crippen molar-refractivity contribution in [1.82, 2.24) is 4.90 Å². The highest BCUT2D eigenvalue weighted by Crippen LogP contribution is 2.30. The van der Waals surface area contributed by atoms with E-state index in [0.29, 0.717) is 5.41 Å². The van der Waals surface area contributed by atoms with E-state index in [0.717, 1.165) is 5.92 Å². The van der Waals surface area contributed by atoms with E-state index in [2.05, 4.69) is 32.6 Å². The molecule has 1 aliphatic rings. The summed E-state index contributed by atoms with van der Waals surface area (Å²) in [5.74, 6) is 0.808. The van der Waals surface area contributed by atoms with E-state index in [1.165, 1.54) is 26.1 Å². The van der Waals surface area contributed by atoms with Crippen LogP contribution < -0.4 is 0 Å². The minimum absolute atomic E-state index is 0.530. The Bertz CT molecular complexity index is 123. The lowest BCUT2D eigenvalue weighted by Gasteiger charge is -2.29. The van der Waals surface area contributed by atoms with Crippen LogP contribution in [0.4, 0.5) is 0 Å². The van der Waals surface area contributed by atoms with E-state index in [-0.39, 0.29) is 0 Å². The summed E-state index contributed by atoms with van der Waals surface area (Å²) in [5.41, 5.74) is 0.530. The summed E-state index contributed by atoms with van der Waals surface area (Å²) < 4.78 is 0. The molecule has 11 heavy (non-hydrogen) atoms. The number of rotatable bonds is 4. The molecule has 0 aromatic heterocycles. The molecule has 0 unspecified atom stereocenters. The predicted octanol–water partition coefficient (Wildman–Crippen LogP) is 2.37. The van der Waals surface area contributed by atoms with Crippen molar-refractivity contribution in [1.29, 1.82) is 0 Å². The largest absolute Gasteiger partial charge is 0.301 e. The molecule has 0 amide bonds. The molecule has 1 nitrogen and oxygen atoms in total. The van der Waals surface area contributed by atoms with Gasteiger partial charge in [-0.15, -0.1) is 0 Å². The van der Waals surface area contributed by atoms with Crippen molar-refractivity contribution < 1.29 is 0 Å². The first-order chi connectivity index (χ1) is 5.02. The summed E-state index contributed by atoms with van der Waals surface area (Å²) in [6.45, 7) is 13.4. The van der Waals surface area contributed by atoms with E-state index >= 15 is 0 Å². The molecule has 0 atom stereocenters. The molecule has 0 aliphatic carbocycles. The van der Waals surface area contributed by atoms with Crippen molar-refractivity contribution in [2.45, 2.75) is 34.1 Å². The Balaban J connectivity index is 2.20. The van der Waals surface area contributed by atoms with Gasteiger partial charge in [-0.1, -0.05) is 27.7 Å². The third kappa shape index (κ3) is 2.82. The van der Waals surface area contributed by atoms with Crippen LogP contribution in [0, 0.1) is 11.3 Å². The van der Waals surface area contributed by atoms with Crippen molar-refractivity contribution in [2.75, 3.05) is 19.6 Å². The maximum atomic E-state index is 2.50. The molecular weight excluding hydrogens is 134 g/mol. The maximum Gasteiger partial charge on any atom is 0.0110 e. The van der Waals surface area contributed by atoms with Gasteiger partial charge in [0.2, 0.25) is 0 Å². The first-order valence-corrected chi connectivity index (χ1v) is 4.75. The van der Waals surface area contributed by atoms with E-state index in [1.807, 2.05) is 0 Å². The summed E-state index contributed by atoms with van der Waals surface area (Å²) >= 11 is 0. The Morgan fingerprint density at radius 1 is 1.27 bits per heavy atom. The first-order valence-electron chi connectivity index (χ1n) is 4.75. The third-order valence-corrected chi connectivity index (χ3v) is 3.18. The molecule has 0 saturated carbocycles. The van der Waals surface area contributed by atoms with Gasteiger partial charge in [0.05, 0.1) is 0 Å². The van der Waals surface area contributed by atoms with Crippen LogP contribution in [0.5, 0.6) is 0 Å². The van der Waals surface area contributed by atoms with Crippen LogP contribution in [0.25, 0.3) is 0 Å². The van der Waals surface area contributed by atoms with Gasteiger partial charge in [-0.05, 0) is 24.3 Å². The smallest absolute Gasteiger partial charge is 0.0110 e. The maximum absolute atomic E-state index is 2.50. The van der Waals surface area contributed by atoms with Crippen LogP contribution in [-0.4, -0.2) is 24.5 Å². The molecule has 1 heteroatoms. The average molecular weight is 155 g/mol. The lowest BCUT2D eigenvalue weighted by molar-refractivity contribution is 0.215. The second-order valence-electron chi connectivity index (χ2n) is 4.73. The van der Waals surface area contributed by atoms with Gasteiger partial charge in [-0.3, -0.25) is 0 Å².